The minimum atomic E-state index is 0.518. The SMILES string of the molecule is c1cc(-c2nnc(SCc3ccc4cc[nH]c4c3)o2)ccn1. The first-order valence-corrected chi connectivity index (χ1v) is 7.80. The summed E-state index contributed by atoms with van der Waals surface area (Å²) in [6.07, 6.45) is 5.36. The molecule has 108 valence electrons. The fourth-order valence-corrected chi connectivity index (χ4v) is 2.92. The number of H-pyrrole nitrogens is 1. The highest BCUT2D eigenvalue weighted by Crippen LogP contribution is 2.26. The van der Waals surface area contributed by atoms with E-state index in [1.54, 1.807) is 12.4 Å². The molecule has 0 atom stereocenters. The predicted octanol–water partition coefficient (Wildman–Crippen LogP) is 3.91. The van der Waals surface area contributed by atoms with Gasteiger partial charge in [-0.3, -0.25) is 4.98 Å². The van der Waals surface area contributed by atoms with Gasteiger partial charge in [0.2, 0.25) is 5.89 Å². The number of nitrogens with one attached hydrogen (secondary N) is 1. The predicted molar refractivity (Wildman–Crippen MR) is 85.4 cm³/mol. The molecule has 22 heavy (non-hydrogen) atoms. The van der Waals surface area contributed by atoms with E-state index >= 15 is 0 Å². The molecule has 0 saturated carbocycles. The van der Waals surface area contributed by atoms with E-state index in [0.29, 0.717) is 11.1 Å². The van der Waals surface area contributed by atoms with E-state index in [-0.39, 0.29) is 0 Å². The van der Waals surface area contributed by atoms with Crippen LogP contribution < -0.4 is 0 Å². The second-order valence-corrected chi connectivity index (χ2v) is 5.72. The highest BCUT2D eigenvalue weighted by Gasteiger charge is 2.09. The monoisotopic (exact) mass is 308 g/mol. The zero-order valence-corrected chi connectivity index (χ0v) is 12.4. The third kappa shape index (κ3) is 2.60. The van der Waals surface area contributed by atoms with Crippen molar-refractivity contribution >= 4 is 22.7 Å². The molecule has 0 aliphatic rings. The van der Waals surface area contributed by atoms with E-state index in [9.17, 15) is 0 Å². The highest BCUT2D eigenvalue weighted by molar-refractivity contribution is 7.98. The Bertz CT molecular complexity index is 901. The number of aromatic nitrogens is 4. The maximum absolute atomic E-state index is 5.67. The minimum absolute atomic E-state index is 0.518. The summed E-state index contributed by atoms with van der Waals surface area (Å²) >= 11 is 1.53. The Labute approximate surface area is 130 Å². The molecule has 6 heteroatoms. The van der Waals surface area contributed by atoms with Crippen molar-refractivity contribution in [2.24, 2.45) is 0 Å². The first-order chi connectivity index (χ1) is 10.9. The van der Waals surface area contributed by atoms with Gasteiger partial charge in [0.25, 0.3) is 5.22 Å². The third-order valence-corrected chi connectivity index (χ3v) is 4.21. The number of pyridine rings is 1. The molecule has 1 N–H and O–H groups in total. The third-order valence-electron chi connectivity index (χ3n) is 3.32. The molecule has 4 rings (SSSR count). The van der Waals surface area contributed by atoms with Crippen molar-refractivity contribution in [3.63, 3.8) is 0 Å². The van der Waals surface area contributed by atoms with Crippen molar-refractivity contribution in [3.8, 4) is 11.5 Å². The van der Waals surface area contributed by atoms with Crippen LogP contribution >= 0.6 is 11.8 Å². The topological polar surface area (TPSA) is 67.6 Å². The van der Waals surface area contributed by atoms with Gasteiger partial charge in [0.05, 0.1) is 0 Å². The van der Waals surface area contributed by atoms with Gasteiger partial charge in [-0.05, 0) is 35.2 Å². The summed E-state index contributed by atoms with van der Waals surface area (Å²) < 4.78 is 5.67. The van der Waals surface area contributed by atoms with Gasteiger partial charge >= 0.3 is 0 Å². The molecular formula is C16H12N4OS. The first-order valence-electron chi connectivity index (χ1n) is 6.81. The van der Waals surface area contributed by atoms with Crippen LogP contribution in [0.5, 0.6) is 0 Å². The second-order valence-electron chi connectivity index (χ2n) is 4.80. The molecule has 0 aliphatic carbocycles. The maximum atomic E-state index is 5.67. The smallest absolute Gasteiger partial charge is 0.277 e. The van der Waals surface area contributed by atoms with Crippen molar-refractivity contribution in [2.75, 3.05) is 0 Å². The van der Waals surface area contributed by atoms with Crippen molar-refractivity contribution in [1.82, 2.24) is 20.2 Å². The van der Waals surface area contributed by atoms with E-state index in [0.717, 1.165) is 16.8 Å². The van der Waals surface area contributed by atoms with Crippen LogP contribution in [0, 0.1) is 0 Å². The Morgan fingerprint density at radius 1 is 1.05 bits per heavy atom. The van der Waals surface area contributed by atoms with Gasteiger partial charge in [-0.2, -0.15) is 0 Å². The molecule has 3 heterocycles. The Balaban J connectivity index is 1.48. The molecule has 0 aliphatic heterocycles. The van der Waals surface area contributed by atoms with Crippen LogP contribution in [-0.2, 0) is 5.75 Å². The molecule has 3 aromatic heterocycles. The Morgan fingerprint density at radius 2 is 1.95 bits per heavy atom. The standard InChI is InChI=1S/C16H12N4OS/c1-2-12-5-8-18-14(12)9-11(1)10-22-16-20-19-15(21-16)13-3-6-17-7-4-13/h1-9,18H,10H2. The van der Waals surface area contributed by atoms with Crippen molar-refractivity contribution in [3.05, 3.63) is 60.6 Å². The number of aromatic amines is 1. The average molecular weight is 308 g/mol. The van der Waals surface area contributed by atoms with Crippen LogP contribution in [0.15, 0.2) is 64.6 Å². The van der Waals surface area contributed by atoms with Crippen LogP contribution in [0.25, 0.3) is 22.4 Å². The van der Waals surface area contributed by atoms with E-state index in [2.05, 4.69) is 44.4 Å². The lowest BCUT2D eigenvalue weighted by atomic mass is 10.2. The maximum Gasteiger partial charge on any atom is 0.277 e. The molecule has 5 nitrogen and oxygen atoms in total. The fourth-order valence-electron chi connectivity index (χ4n) is 2.21. The van der Waals surface area contributed by atoms with Crippen molar-refractivity contribution < 1.29 is 4.42 Å². The number of thioether (sulfide) groups is 1. The van der Waals surface area contributed by atoms with E-state index in [4.69, 9.17) is 4.42 Å². The molecule has 0 saturated heterocycles. The first kappa shape index (κ1) is 13.1. The fraction of sp³-hybridized carbons (Fsp3) is 0.0625. The molecule has 0 radical (unpaired) electrons. The van der Waals surface area contributed by atoms with Gasteiger partial charge in [-0.1, -0.05) is 23.9 Å². The van der Waals surface area contributed by atoms with Crippen LogP contribution in [0.4, 0.5) is 0 Å². The molecule has 0 spiro atoms. The van der Waals surface area contributed by atoms with E-state index in [1.807, 2.05) is 18.3 Å². The Hall–Kier alpha value is -2.60. The van der Waals surface area contributed by atoms with Crippen LogP contribution in [-0.4, -0.2) is 20.2 Å². The number of fused-ring (bicyclic) bond motifs is 1. The van der Waals surface area contributed by atoms with Crippen molar-refractivity contribution in [2.45, 2.75) is 11.0 Å². The molecular weight excluding hydrogens is 296 g/mol. The number of rotatable bonds is 4. The zero-order valence-electron chi connectivity index (χ0n) is 11.6. The summed E-state index contributed by atoms with van der Waals surface area (Å²) in [5.41, 5.74) is 3.23. The van der Waals surface area contributed by atoms with Crippen LogP contribution in [0.3, 0.4) is 0 Å². The summed E-state index contributed by atoms with van der Waals surface area (Å²) in [5, 5.41) is 9.93. The molecule has 1 aromatic carbocycles. The summed E-state index contributed by atoms with van der Waals surface area (Å²) in [6, 6.07) is 12.1. The quantitative estimate of drug-likeness (QED) is 0.579. The zero-order chi connectivity index (χ0) is 14.8. The summed E-state index contributed by atoms with van der Waals surface area (Å²) in [6.45, 7) is 0. The minimum Gasteiger partial charge on any atom is -0.411 e. The van der Waals surface area contributed by atoms with Gasteiger partial charge in [-0.25, -0.2) is 0 Å². The summed E-state index contributed by atoms with van der Waals surface area (Å²) in [7, 11) is 0. The Morgan fingerprint density at radius 3 is 2.86 bits per heavy atom. The lowest BCUT2D eigenvalue weighted by Crippen LogP contribution is -1.81. The highest BCUT2D eigenvalue weighted by atomic mass is 32.2. The number of nitrogens with zero attached hydrogens (tertiary/aromatic N) is 3. The Kier molecular flexibility index (Phi) is 3.36. The summed E-state index contributed by atoms with van der Waals surface area (Å²) in [4.78, 5) is 7.19. The van der Waals surface area contributed by atoms with Gasteiger partial charge in [0.1, 0.15) is 0 Å². The van der Waals surface area contributed by atoms with Crippen molar-refractivity contribution in [1.29, 1.82) is 0 Å². The number of hydrogen-bond acceptors (Lipinski definition) is 5. The lowest BCUT2D eigenvalue weighted by molar-refractivity contribution is 0.466. The number of benzene rings is 1. The molecule has 4 aromatic rings. The van der Waals surface area contributed by atoms with Gasteiger partial charge in [0.15, 0.2) is 0 Å². The second kappa shape index (κ2) is 5.65. The van der Waals surface area contributed by atoms with Gasteiger partial charge < -0.3 is 9.40 Å². The van der Waals surface area contributed by atoms with Crippen LogP contribution in [0.2, 0.25) is 0 Å². The molecule has 0 amide bonds. The summed E-state index contributed by atoms with van der Waals surface area (Å²) in [5.74, 6) is 1.30. The largest absolute Gasteiger partial charge is 0.411 e. The molecule has 0 fully saturated rings. The number of hydrogen-bond donors (Lipinski definition) is 1. The average Bonchev–Trinajstić information content (AvgIpc) is 3.22. The molecule has 0 unspecified atom stereocenters. The normalized spacial score (nSPS) is 11.1. The van der Waals surface area contributed by atoms with E-state index in [1.165, 1.54) is 22.7 Å². The van der Waals surface area contributed by atoms with Gasteiger partial charge in [-0.15, -0.1) is 10.2 Å². The lowest BCUT2D eigenvalue weighted by Gasteiger charge is -1.99. The van der Waals surface area contributed by atoms with E-state index < -0.39 is 0 Å². The molecule has 0 bridgehead atoms. The van der Waals surface area contributed by atoms with Crippen LogP contribution in [0.1, 0.15) is 5.56 Å². The van der Waals surface area contributed by atoms with Gasteiger partial charge in [0, 0.05) is 35.4 Å².